The maximum absolute atomic E-state index is 6.25. The van der Waals surface area contributed by atoms with Crippen molar-refractivity contribution in [2.45, 2.75) is 76.7 Å². The molecule has 3 saturated heterocycles. The van der Waals surface area contributed by atoms with Crippen molar-refractivity contribution in [1.29, 1.82) is 0 Å². The SMILES string of the molecule is CC1CC2(C)O[C@@](C)(C1)C1OC(C)(C)OC12. The molecular formula is C13H22O3. The van der Waals surface area contributed by atoms with Crippen molar-refractivity contribution in [2.75, 3.05) is 0 Å². The van der Waals surface area contributed by atoms with Gasteiger partial charge in [-0.1, -0.05) is 6.92 Å². The number of ether oxygens (including phenoxy) is 3. The van der Waals surface area contributed by atoms with Crippen molar-refractivity contribution in [3.63, 3.8) is 0 Å². The van der Waals surface area contributed by atoms with Crippen LogP contribution in [0.4, 0.5) is 0 Å². The van der Waals surface area contributed by atoms with E-state index in [1.807, 2.05) is 13.8 Å². The van der Waals surface area contributed by atoms with Gasteiger partial charge in [-0.3, -0.25) is 0 Å². The number of fused-ring (bicyclic) bond motifs is 5. The molecule has 3 rings (SSSR count). The lowest BCUT2D eigenvalue weighted by Gasteiger charge is -2.42. The van der Waals surface area contributed by atoms with E-state index in [-0.39, 0.29) is 23.4 Å². The highest BCUT2D eigenvalue weighted by atomic mass is 16.8. The van der Waals surface area contributed by atoms with E-state index in [1.165, 1.54) is 0 Å². The predicted octanol–water partition coefficient (Wildman–Crippen LogP) is 2.48. The highest BCUT2D eigenvalue weighted by Gasteiger charge is 2.67. The molecule has 3 fully saturated rings. The molecule has 16 heavy (non-hydrogen) atoms. The van der Waals surface area contributed by atoms with Crippen LogP contribution in [-0.4, -0.2) is 29.2 Å². The summed E-state index contributed by atoms with van der Waals surface area (Å²) in [6.07, 6.45) is 2.33. The zero-order chi connectivity index (χ0) is 11.8. The van der Waals surface area contributed by atoms with Gasteiger partial charge in [0.15, 0.2) is 5.79 Å². The summed E-state index contributed by atoms with van der Waals surface area (Å²) < 4.78 is 18.4. The average molecular weight is 226 g/mol. The van der Waals surface area contributed by atoms with Gasteiger partial charge in [0.2, 0.25) is 0 Å². The summed E-state index contributed by atoms with van der Waals surface area (Å²) in [5, 5.41) is 0. The van der Waals surface area contributed by atoms with Gasteiger partial charge in [-0.15, -0.1) is 0 Å². The first-order valence-corrected chi connectivity index (χ1v) is 6.30. The Bertz CT molecular complexity index is 299. The topological polar surface area (TPSA) is 27.7 Å². The average Bonchev–Trinajstić information content (AvgIpc) is 2.45. The minimum absolute atomic E-state index is 0.0949. The Morgan fingerprint density at radius 3 is 1.75 bits per heavy atom. The first-order chi connectivity index (χ1) is 7.24. The summed E-state index contributed by atoms with van der Waals surface area (Å²) in [4.78, 5) is 0. The molecule has 0 N–H and O–H groups in total. The molecule has 3 heterocycles. The zero-order valence-electron chi connectivity index (χ0n) is 10.9. The molecule has 3 aliphatic heterocycles. The van der Waals surface area contributed by atoms with Crippen molar-refractivity contribution in [3.8, 4) is 0 Å². The molecule has 0 amide bonds. The molecule has 3 nitrogen and oxygen atoms in total. The monoisotopic (exact) mass is 226 g/mol. The second-order valence-corrected chi connectivity index (χ2v) is 6.72. The van der Waals surface area contributed by atoms with Crippen LogP contribution in [0.3, 0.4) is 0 Å². The molecule has 92 valence electrons. The van der Waals surface area contributed by atoms with Gasteiger partial charge in [0.1, 0.15) is 12.2 Å². The van der Waals surface area contributed by atoms with Crippen molar-refractivity contribution in [3.05, 3.63) is 0 Å². The smallest absolute Gasteiger partial charge is 0.164 e. The Hall–Kier alpha value is -0.120. The largest absolute Gasteiger partial charge is 0.363 e. The molecule has 4 unspecified atom stereocenters. The van der Waals surface area contributed by atoms with Gasteiger partial charge in [-0.05, 0) is 46.5 Å². The quantitative estimate of drug-likeness (QED) is 0.635. The summed E-state index contributed by atoms with van der Waals surface area (Å²) in [6.45, 7) is 10.6. The van der Waals surface area contributed by atoms with Gasteiger partial charge < -0.3 is 14.2 Å². The number of rotatable bonds is 0. The zero-order valence-corrected chi connectivity index (χ0v) is 10.9. The van der Waals surface area contributed by atoms with Crippen molar-refractivity contribution >= 4 is 0 Å². The molecule has 0 radical (unpaired) electrons. The van der Waals surface area contributed by atoms with Crippen molar-refractivity contribution < 1.29 is 14.2 Å². The van der Waals surface area contributed by atoms with Crippen LogP contribution in [0.1, 0.15) is 47.5 Å². The molecule has 5 atom stereocenters. The Morgan fingerprint density at radius 2 is 1.31 bits per heavy atom. The van der Waals surface area contributed by atoms with E-state index in [1.54, 1.807) is 0 Å². The second kappa shape index (κ2) is 2.82. The maximum atomic E-state index is 6.25. The van der Waals surface area contributed by atoms with E-state index in [0.717, 1.165) is 12.8 Å². The van der Waals surface area contributed by atoms with Crippen LogP contribution >= 0.6 is 0 Å². The summed E-state index contributed by atoms with van der Waals surface area (Å²) in [6, 6.07) is 0. The van der Waals surface area contributed by atoms with E-state index in [9.17, 15) is 0 Å². The van der Waals surface area contributed by atoms with Gasteiger partial charge in [0, 0.05) is 0 Å². The third-order valence-corrected chi connectivity index (χ3v) is 4.27. The fraction of sp³-hybridized carbons (Fsp3) is 1.00. The van der Waals surface area contributed by atoms with Crippen LogP contribution in [0.25, 0.3) is 0 Å². The van der Waals surface area contributed by atoms with Crippen molar-refractivity contribution in [2.24, 2.45) is 5.92 Å². The Morgan fingerprint density at radius 1 is 0.875 bits per heavy atom. The standard InChI is InChI=1S/C13H22O3/c1-8-6-12(4)9-10(13(5,7-8)16-12)15-11(2,3)14-9/h8-10H,6-7H2,1-5H3/t8?,9?,10?,12-,13?/m0/s1. The van der Waals surface area contributed by atoms with E-state index < -0.39 is 5.79 Å². The minimum atomic E-state index is -0.456. The molecule has 0 aromatic heterocycles. The minimum Gasteiger partial charge on any atom is -0.363 e. The van der Waals surface area contributed by atoms with E-state index in [0.29, 0.717) is 5.92 Å². The molecule has 0 aromatic rings. The molecule has 0 aromatic carbocycles. The third kappa shape index (κ3) is 1.31. The van der Waals surface area contributed by atoms with Gasteiger partial charge in [0.25, 0.3) is 0 Å². The maximum Gasteiger partial charge on any atom is 0.164 e. The normalized spacial score (nSPS) is 58.7. The fourth-order valence-electron chi connectivity index (χ4n) is 4.07. The van der Waals surface area contributed by atoms with Crippen LogP contribution < -0.4 is 0 Å². The Kier molecular flexibility index (Phi) is 1.94. The van der Waals surface area contributed by atoms with E-state index in [2.05, 4.69) is 20.8 Å². The van der Waals surface area contributed by atoms with Crippen LogP contribution in [0.2, 0.25) is 0 Å². The Balaban J connectivity index is 1.99. The number of hydrogen-bond donors (Lipinski definition) is 0. The lowest BCUT2D eigenvalue weighted by atomic mass is 9.86. The first kappa shape index (κ1) is 11.0. The van der Waals surface area contributed by atoms with Gasteiger partial charge in [-0.2, -0.15) is 0 Å². The molecule has 3 heteroatoms. The molecule has 0 saturated carbocycles. The van der Waals surface area contributed by atoms with Crippen LogP contribution in [0.5, 0.6) is 0 Å². The summed E-state index contributed by atoms with van der Waals surface area (Å²) >= 11 is 0. The molecular weight excluding hydrogens is 204 g/mol. The van der Waals surface area contributed by atoms with E-state index >= 15 is 0 Å². The second-order valence-electron chi connectivity index (χ2n) is 6.72. The van der Waals surface area contributed by atoms with Gasteiger partial charge in [0.05, 0.1) is 11.2 Å². The van der Waals surface area contributed by atoms with Gasteiger partial charge in [-0.25, -0.2) is 0 Å². The summed E-state index contributed by atoms with van der Waals surface area (Å²) in [7, 11) is 0. The highest BCUT2D eigenvalue weighted by molar-refractivity contribution is 5.14. The summed E-state index contributed by atoms with van der Waals surface area (Å²) in [5.41, 5.74) is -0.324. The van der Waals surface area contributed by atoms with Gasteiger partial charge >= 0.3 is 0 Å². The summed E-state index contributed by atoms with van der Waals surface area (Å²) in [5.74, 6) is 0.229. The highest BCUT2D eigenvalue weighted by Crippen LogP contribution is 2.56. The third-order valence-electron chi connectivity index (χ3n) is 4.27. The van der Waals surface area contributed by atoms with Crippen LogP contribution in [0, 0.1) is 5.92 Å². The lowest BCUT2D eigenvalue weighted by molar-refractivity contribution is -0.245. The molecule has 0 aliphatic carbocycles. The van der Waals surface area contributed by atoms with Crippen LogP contribution in [0.15, 0.2) is 0 Å². The molecule has 2 bridgehead atoms. The molecule has 0 spiro atoms. The molecule has 3 aliphatic rings. The Labute approximate surface area is 97.4 Å². The van der Waals surface area contributed by atoms with Crippen molar-refractivity contribution in [1.82, 2.24) is 0 Å². The lowest BCUT2D eigenvalue weighted by Crippen LogP contribution is -2.46. The first-order valence-electron chi connectivity index (χ1n) is 6.30. The fourth-order valence-corrected chi connectivity index (χ4v) is 4.07. The van der Waals surface area contributed by atoms with Crippen LogP contribution in [-0.2, 0) is 14.2 Å². The predicted molar refractivity (Wildman–Crippen MR) is 60.1 cm³/mol. The number of hydrogen-bond acceptors (Lipinski definition) is 3. The van der Waals surface area contributed by atoms with E-state index in [4.69, 9.17) is 14.2 Å².